The van der Waals surface area contributed by atoms with Crippen LogP contribution in [-0.2, 0) is 16.0 Å². The van der Waals surface area contributed by atoms with Gasteiger partial charge in [-0.3, -0.25) is 94.6 Å². The summed E-state index contributed by atoms with van der Waals surface area (Å²) in [6.07, 6.45) is 49.4. The summed E-state index contributed by atoms with van der Waals surface area (Å²) in [5.41, 5.74) is 29.6. The van der Waals surface area contributed by atoms with Gasteiger partial charge in [0, 0.05) is 238 Å². The summed E-state index contributed by atoms with van der Waals surface area (Å²) < 4.78 is 0. The van der Waals surface area contributed by atoms with Gasteiger partial charge >= 0.3 is 0 Å². The van der Waals surface area contributed by atoms with Crippen molar-refractivity contribution in [3.63, 3.8) is 0 Å². The van der Waals surface area contributed by atoms with Crippen molar-refractivity contribution in [2.45, 2.75) is 27.2 Å². The molecule has 0 aliphatic carbocycles. The standard InChI is InChI=1S/C30H21N9O.C29H19N9O.C27H23N9O.C24H19N9/c40-26(9-18-5-2-1-3-6-18)35-22-10-20(13-32-15-22)21-11-23-28(38-39-29(23)34-14-21)30-36-25-17-33-16-24(27(25)37-30)19-7-4-8-31-12-19;39-29(17-5-2-1-3-6-17)34-21-9-19(12-31-14-21)20-10-22-26(37-38-27(22)33-13-20)28-35-24-16-32-15-23(25(24)36-28)18-7-4-8-30-11-18;1-27(2,3)26(37)32-18-7-16(10-29-12-18)17-8-19-23(35-36-24(19)31-11-17)25-33-21-14-30-13-20(22(21)34-25)15-5-4-6-28-9-15;1-33(2)17-6-15(9-26-11-17)16-7-18-22(31-32-23(18)28-10-16)24-29-20-13-27-12-19(21(20)30-24)14-4-3-5-25-8-14/h1-8,10-17H,9H2,(H,35,40)(H,36,37)(H,34,38,39);1-16H,(H,34,39)(H,35,36)(H,33,37,38);4-14H,1-3H3,(H,32,37)(H,33,34)(H,31,35,36);3-13H,1-2H3,(H,29,30)(H,28,31,32). The maximum atomic E-state index is 12.6. The minimum absolute atomic E-state index is 0.0813. The van der Waals surface area contributed by atoms with Crippen molar-refractivity contribution < 1.29 is 14.4 Å². The van der Waals surface area contributed by atoms with Crippen molar-refractivity contribution in [1.29, 1.82) is 0 Å². The molecular weight excluding hydrogens is 1870 g/mol. The van der Waals surface area contributed by atoms with Gasteiger partial charge in [0.15, 0.2) is 45.9 Å². The number of nitrogens with one attached hydrogen (secondary N) is 11. The summed E-state index contributed by atoms with van der Waals surface area (Å²) in [6.45, 7) is 5.60. The van der Waals surface area contributed by atoms with Crippen LogP contribution in [0.25, 0.3) is 223 Å². The van der Waals surface area contributed by atoms with E-state index in [2.05, 4.69) is 169 Å². The second-order valence-electron chi connectivity index (χ2n) is 35.9. The molecule has 0 spiro atoms. The Morgan fingerprint density at radius 3 is 1.06 bits per heavy atom. The van der Waals surface area contributed by atoms with Crippen molar-refractivity contribution >= 4 is 129 Å². The fourth-order valence-electron chi connectivity index (χ4n) is 17.0. The molecule has 720 valence electrons. The van der Waals surface area contributed by atoms with Gasteiger partial charge in [0.2, 0.25) is 11.8 Å². The van der Waals surface area contributed by atoms with Gasteiger partial charge in [-0.2, -0.15) is 20.4 Å². The number of hydrogen-bond acceptors (Lipinski definition) is 28. The molecule has 24 aromatic heterocycles. The molecule has 0 saturated carbocycles. The molecule has 3 amide bonds. The highest BCUT2D eigenvalue weighted by atomic mass is 16.2. The molecule has 39 heteroatoms. The highest BCUT2D eigenvalue weighted by Crippen LogP contribution is 2.40. The van der Waals surface area contributed by atoms with Crippen LogP contribution in [-0.4, -0.2) is 192 Å². The smallest absolute Gasteiger partial charge is 0.255 e. The zero-order chi connectivity index (χ0) is 101. The Kier molecular flexibility index (Phi) is 24.4. The number of pyridine rings is 16. The molecule has 149 heavy (non-hydrogen) atoms. The number of carbonyl (C=O) groups excluding carboxylic acids is 3. The molecule has 0 saturated heterocycles. The zero-order valence-corrected chi connectivity index (χ0v) is 79.8. The average molecular weight is 1960 g/mol. The first-order valence-corrected chi connectivity index (χ1v) is 46.8. The first-order chi connectivity index (χ1) is 73.0. The summed E-state index contributed by atoms with van der Waals surface area (Å²) in [5.74, 6) is 2.11. The molecule has 0 aliphatic rings. The second kappa shape index (κ2) is 39.7. The lowest BCUT2D eigenvalue weighted by Gasteiger charge is -2.17. The third-order valence-corrected chi connectivity index (χ3v) is 24.6. The van der Waals surface area contributed by atoms with E-state index in [1.54, 1.807) is 161 Å². The number of nitrogens with zero attached hydrogens (tertiary/aromatic N) is 25. The van der Waals surface area contributed by atoms with Crippen LogP contribution in [0.2, 0.25) is 0 Å². The zero-order valence-electron chi connectivity index (χ0n) is 79.8. The average Bonchev–Trinajstić information content (AvgIpc) is 1.62. The van der Waals surface area contributed by atoms with Crippen LogP contribution < -0.4 is 20.9 Å². The van der Waals surface area contributed by atoms with Crippen molar-refractivity contribution in [1.82, 2.24) is 160 Å². The summed E-state index contributed by atoms with van der Waals surface area (Å²) in [5, 5.41) is 41.9. The van der Waals surface area contributed by atoms with Gasteiger partial charge in [-0.25, -0.2) is 39.9 Å². The van der Waals surface area contributed by atoms with Crippen LogP contribution in [0.1, 0.15) is 36.7 Å². The first-order valence-electron chi connectivity index (χ1n) is 46.8. The van der Waals surface area contributed by atoms with Gasteiger partial charge in [-0.1, -0.05) is 93.6 Å². The van der Waals surface area contributed by atoms with E-state index in [4.69, 9.17) is 19.9 Å². The number of rotatable bonds is 19. The molecule has 26 rings (SSSR count). The van der Waals surface area contributed by atoms with Gasteiger partial charge in [-0.15, -0.1) is 0 Å². The minimum atomic E-state index is -0.513. The number of anilines is 4. The first kappa shape index (κ1) is 91.6. The fourth-order valence-corrected chi connectivity index (χ4v) is 17.0. The van der Waals surface area contributed by atoms with E-state index in [9.17, 15) is 14.4 Å². The summed E-state index contributed by atoms with van der Waals surface area (Å²) in [4.78, 5) is 143. The molecule has 11 N–H and O–H groups in total. The topological polar surface area (TPSA) is 526 Å². The Hall–Kier alpha value is -21.2. The van der Waals surface area contributed by atoms with Crippen molar-refractivity contribution in [2.75, 3.05) is 34.9 Å². The van der Waals surface area contributed by atoms with E-state index in [0.29, 0.717) is 85.6 Å². The molecule has 0 unspecified atom stereocenters. The number of H-pyrrole nitrogens is 8. The number of carbonyl (C=O) groups is 3. The van der Waals surface area contributed by atoms with Gasteiger partial charge in [0.05, 0.1) is 122 Å². The molecule has 0 atom stereocenters. The van der Waals surface area contributed by atoms with Crippen LogP contribution >= 0.6 is 0 Å². The normalized spacial score (nSPS) is 11.4. The molecule has 0 aliphatic heterocycles. The number of aromatic nitrogens is 32. The maximum Gasteiger partial charge on any atom is 0.255 e. The number of amides is 3. The van der Waals surface area contributed by atoms with Crippen LogP contribution in [0.3, 0.4) is 0 Å². The largest absolute Gasteiger partial charge is 0.376 e. The van der Waals surface area contributed by atoms with Crippen LogP contribution in [0, 0.1) is 5.41 Å². The minimum Gasteiger partial charge on any atom is -0.376 e. The van der Waals surface area contributed by atoms with Crippen molar-refractivity contribution in [3.8, 4) is 135 Å². The van der Waals surface area contributed by atoms with Gasteiger partial charge < -0.3 is 40.8 Å². The van der Waals surface area contributed by atoms with Gasteiger partial charge in [-0.05, 0) is 90.5 Å². The predicted octanol–water partition coefficient (Wildman–Crippen LogP) is 19.6. The predicted molar refractivity (Wildman–Crippen MR) is 569 cm³/mol. The Balaban J connectivity index is 0.000000109. The van der Waals surface area contributed by atoms with Gasteiger partial charge in [0.25, 0.3) is 5.91 Å². The van der Waals surface area contributed by atoms with E-state index in [1.807, 2.05) is 198 Å². The lowest BCUT2D eigenvalue weighted by molar-refractivity contribution is -0.123. The molecule has 24 heterocycles. The molecular formula is C110H82N36O3. The summed E-state index contributed by atoms with van der Waals surface area (Å²) in [6, 6.07) is 49.9. The Morgan fingerprint density at radius 2 is 0.658 bits per heavy atom. The lowest BCUT2D eigenvalue weighted by atomic mass is 9.95. The maximum absolute atomic E-state index is 12.6. The highest BCUT2D eigenvalue weighted by molar-refractivity contribution is 6.06. The number of aromatic amines is 8. The molecule has 26 aromatic rings. The molecule has 0 radical (unpaired) electrons. The Labute approximate surface area is 843 Å². The number of benzene rings is 2. The van der Waals surface area contributed by atoms with E-state index in [1.165, 1.54) is 0 Å². The van der Waals surface area contributed by atoms with Crippen molar-refractivity contribution in [3.05, 3.63) is 342 Å². The number of imidazole rings is 4. The third kappa shape index (κ3) is 19.2. The fraction of sp³-hybridized carbons (Fsp3) is 0.0636. The molecule has 39 nitrogen and oxygen atoms in total. The van der Waals surface area contributed by atoms with Gasteiger partial charge in [0.1, 0.15) is 44.8 Å². The summed E-state index contributed by atoms with van der Waals surface area (Å²) >= 11 is 0. The Bertz CT molecular complexity index is 9480. The van der Waals surface area contributed by atoms with Crippen LogP contribution in [0.4, 0.5) is 22.7 Å². The van der Waals surface area contributed by atoms with Crippen LogP contribution in [0.15, 0.2) is 331 Å². The van der Waals surface area contributed by atoms with E-state index in [-0.39, 0.29) is 24.1 Å². The third-order valence-electron chi connectivity index (χ3n) is 24.6. The lowest BCUT2D eigenvalue weighted by Crippen LogP contribution is -2.27. The van der Waals surface area contributed by atoms with E-state index >= 15 is 0 Å². The molecule has 2 aromatic carbocycles. The highest BCUT2D eigenvalue weighted by Gasteiger charge is 2.26. The molecule has 0 bridgehead atoms. The number of hydrogen-bond donors (Lipinski definition) is 11. The van der Waals surface area contributed by atoms with E-state index in [0.717, 1.165) is 172 Å². The SMILES string of the molecule is CC(C)(C)C(=O)Nc1cncc(-c2cnc3n[nH]c(-c4nc5c(-c6cccnc6)cncc5[nH]4)c3c2)c1.CN(C)c1cncc(-c2cnc3n[nH]c(-c4nc5c(-c6cccnc6)cncc5[nH]4)c3c2)c1.O=C(Cc1ccccc1)Nc1cncc(-c2cnc3n[nH]c(-c4nc5c(-c6cccnc6)cncc5[nH]4)c3c2)c1.O=C(Nc1cncc(-c2cnc3[nH]nc(-c4nc5c(-c6cccnc6)cncc5[nH]4)c3c2)c1)c1ccccc1. The quantitative estimate of drug-likeness (QED) is 0.0358. The second-order valence-corrected chi connectivity index (χ2v) is 35.9. The molecule has 0 fully saturated rings. The monoisotopic (exact) mass is 1950 g/mol. The Morgan fingerprint density at radius 1 is 0.309 bits per heavy atom. The van der Waals surface area contributed by atoms with Crippen LogP contribution in [0.5, 0.6) is 0 Å². The van der Waals surface area contributed by atoms with Crippen molar-refractivity contribution in [2.24, 2.45) is 5.41 Å². The summed E-state index contributed by atoms with van der Waals surface area (Å²) in [7, 11) is 3.99. The van der Waals surface area contributed by atoms with E-state index < -0.39 is 5.41 Å². The number of fused-ring (bicyclic) bond motifs is 8.